The van der Waals surface area contributed by atoms with Crippen LogP contribution >= 0.6 is 0 Å². The molecule has 2 rings (SSSR count). The molecule has 2 N–H and O–H groups in total. The fourth-order valence-corrected chi connectivity index (χ4v) is 2.87. The summed E-state index contributed by atoms with van der Waals surface area (Å²) in [6.45, 7) is 0.740. The van der Waals surface area contributed by atoms with Crippen LogP contribution < -0.4 is 5.32 Å². The van der Waals surface area contributed by atoms with Crippen LogP contribution in [0, 0.1) is 5.92 Å². The third kappa shape index (κ3) is 6.13. The fourth-order valence-electron chi connectivity index (χ4n) is 2.87. The first-order valence-electron chi connectivity index (χ1n) is 8.12. The van der Waals surface area contributed by atoms with E-state index < -0.39 is 18.2 Å². The summed E-state index contributed by atoms with van der Waals surface area (Å²) in [5.41, 5.74) is 0.980. The molecule has 0 spiro atoms. The van der Waals surface area contributed by atoms with E-state index in [2.05, 4.69) is 5.32 Å². The van der Waals surface area contributed by atoms with Gasteiger partial charge in [0.2, 0.25) is 5.91 Å². The molecule has 1 aliphatic rings. The number of aliphatic hydroxyl groups is 1. The highest BCUT2D eigenvalue weighted by Gasteiger charge is 2.41. The molecule has 134 valence electrons. The molecule has 24 heavy (non-hydrogen) atoms. The van der Waals surface area contributed by atoms with E-state index in [-0.39, 0.29) is 44.9 Å². The Morgan fingerprint density at radius 3 is 2.46 bits per heavy atom. The van der Waals surface area contributed by atoms with E-state index in [0.29, 0.717) is 6.42 Å². The summed E-state index contributed by atoms with van der Waals surface area (Å²) in [6, 6.07) is 9.45. The Hall–Kier alpha value is -1.60. The van der Waals surface area contributed by atoms with Crippen LogP contribution in [0.25, 0.3) is 0 Å². The zero-order valence-electron chi connectivity index (χ0n) is 13.4. The molecule has 0 saturated carbocycles. The molecule has 4 nitrogen and oxygen atoms in total. The lowest BCUT2D eigenvalue weighted by atomic mass is 9.96. The molecule has 1 aromatic rings. The van der Waals surface area contributed by atoms with Crippen molar-refractivity contribution in [2.45, 2.75) is 31.5 Å². The number of hydrogen-bond donors (Lipinski definition) is 2. The smallest absolute Gasteiger partial charge is 0.391 e. The largest absolute Gasteiger partial charge is 0.391 e. The summed E-state index contributed by atoms with van der Waals surface area (Å²) in [6.07, 6.45) is -4.32. The third-order valence-corrected chi connectivity index (χ3v) is 4.27. The standard InChI is InChI=1S/C17H23F3N2O2/c18-17(19,20)14-6-8-22(9-7-14)12-16(24)21-11-15(23)10-13-4-2-1-3-5-13/h1-5,14-15,23H,6-12H2,(H,21,24). The highest BCUT2D eigenvalue weighted by molar-refractivity contribution is 5.78. The molecule has 1 atom stereocenters. The SMILES string of the molecule is O=C(CN1CCC(C(F)(F)F)CC1)NCC(O)Cc1ccccc1. The Balaban J connectivity index is 1.65. The summed E-state index contributed by atoms with van der Waals surface area (Å²) >= 11 is 0. The average Bonchev–Trinajstić information content (AvgIpc) is 2.53. The number of alkyl halides is 3. The van der Waals surface area contributed by atoms with Gasteiger partial charge in [-0.3, -0.25) is 9.69 Å². The second-order valence-corrected chi connectivity index (χ2v) is 6.24. The highest BCUT2D eigenvalue weighted by atomic mass is 19.4. The first-order chi connectivity index (χ1) is 11.3. The molecule has 1 amide bonds. The van der Waals surface area contributed by atoms with Crippen LogP contribution in [-0.4, -0.2) is 54.4 Å². The lowest BCUT2D eigenvalue weighted by Crippen LogP contribution is -2.45. The number of nitrogens with zero attached hydrogens (tertiary/aromatic N) is 1. The normalized spacial score (nSPS) is 18.3. The number of carbonyl (C=O) groups is 1. The van der Waals surface area contributed by atoms with E-state index in [0.717, 1.165) is 5.56 Å². The van der Waals surface area contributed by atoms with Gasteiger partial charge in [-0.1, -0.05) is 30.3 Å². The minimum Gasteiger partial charge on any atom is -0.391 e. The highest BCUT2D eigenvalue weighted by Crippen LogP contribution is 2.33. The minimum absolute atomic E-state index is 0.0351. The second-order valence-electron chi connectivity index (χ2n) is 6.24. The van der Waals surface area contributed by atoms with Crippen LogP contribution in [0.4, 0.5) is 13.2 Å². The Labute approximate surface area is 139 Å². The molecular weight excluding hydrogens is 321 g/mol. The van der Waals surface area contributed by atoms with E-state index in [9.17, 15) is 23.1 Å². The van der Waals surface area contributed by atoms with Gasteiger partial charge in [-0.05, 0) is 31.5 Å². The first-order valence-corrected chi connectivity index (χ1v) is 8.12. The van der Waals surface area contributed by atoms with Gasteiger partial charge in [0.1, 0.15) is 0 Å². The third-order valence-electron chi connectivity index (χ3n) is 4.27. The van der Waals surface area contributed by atoms with Crippen LogP contribution in [-0.2, 0) is 11.2 Å². The Bertz CT molecular complexity index is 514. The predicted molar refractivity (Wildman–Crippen MR) is 84.4 cm³/mol. The summed E-state index contributed by atoms with van der Waals surface area (Å²) in [4.78, 5) is 13.6. The number of nitrogens with one attached hydrogen (secondary N) is 1. The maximum absolute atomic E-state index is 12.6. The van der Waals surface area contributed by atoms with Crippen molar-refractivity contribution in [2.24, 2.45) is 5.92 Å². The zero-order chi connectivity index (χ0) is 17.6. The van der Waals surface area contributed by atoms with Gasteiger partial charge in [0, 0.05) is 13.0 Å². The van der Waals surface area contributed by atoms with Crippen molar-refractivity contribution in [2.75, 3.05) is 26.2 Å². The minimum atomic E-state index is -4.14. The van der Waals surface area contributed by atoms with Gasteiger partial charge < -0.3 is 10.4 Å². The van der Waals surface area contributed by atoms with Crippen molar-refractivity contribution in [3.05, 3.63) is 35.9 Å². The van der Waals surface area contributed by atoms with Gasteiger partial charge >= 0.3 is 6.18 Å². The van der Waals surface area contributed by atoms with Crippen LogP contribution in [0.15, 0.2) is 30.3 Å². The number of carbonyl (C=O) groups excluding carboxylic acids is 1. The summed E-state index contributed by atoms with van der Waals surface area (Å²) < 4.78 is 37.8. The fraction of sp³-hybridized carbons (Fsp3) is 0.588. The number of benzene rings is 1. The van der Waals surface area contributed by atoms with E-state index in [1.54, 1.807) is 4.90 Å². The van der Waals surface area contributed by atoms with Crippen molar-refractivity contribution in [3.8, 4) is 0 Å². The van der Waals surface area contributed by atoms with Gasteiger partial charge in [0.15, 0.2) is 0 Å². The Morgan fingerprint density at radius 1 is 1.25 bits per heavy atom. The number of amides is 1. The molecule has 0 bridgehead atoms. The number of halogens is 3. The average molecular weight is 344 g/mol. The number of likely N-dealkylation sites (tertiary alicyclic amines) is 1. The molecule has 1 fully saturated rings. The number of hydrogen-bond acceptors (Lipinski definition) is 3. The molecule has 1 heterocycles. The van der Waals surface area contributed by atoms with Gasteiger partial charge in [-0.2, -0.15) is 13.2 Å². The summed E-state index contributed by atoms with van der Waals surface area (Å²) in [7, 11) is 0. The molecule has 0 aliphatic carbocycles. The number of rotatable bonds is 6. The molecule has 1 saturated heterocycles. The van der Waals surface area contributed by atoms with Crippen molar-refractivity contribution in [1.29, 1.82) is 0 Å². The van der Waals surface area contributed by atoms with Crippen molar-refractivity contribution in [1.82, 2.24) is 10.2 Å². The zero-order valence-corrected chi connectivity index (χ0v) is 13.4. The monoisotopic (exact) mass is 344 g/mol. The molecule has 0 radical (unpaired) electrons. The molecule has 1 unspecified atom stereocenters. The van der Waals surface area contributed by atoms with E-state index in [1.165, 1.54) is 0 Å². The second kappa shape index (κ2) is 8.48. The van der Waals surface area contributed by atoms with Gasteiger partial charge in [0.25, 0.3) is 0 Å². The quantitative estimate of drug-likeness (QED) is 0.830. The maximum atomic E-state index is 12.6. The van der Waals surface area contributed by atoms with Crippen LogP contribution in [0.5, 0.6) is 0 Å². The molecule has 1 aromatic carbocycles. The Morgan fingerprint density at radius 2 is 1.88 bits per heavy atom. The molecule has 7 heteroatoms. The lowest BCUT2D eigenvalue weighted by Gasteiger charge is -2.32. The molecular formula is C17H23F3N2O2. The summed E-state index contributed by atoms with van der Waals surface area (Å²) in [5.74, 6) is -1.53. The lowest BCUT2D eigenvalue weighted by molar-refractivity contribution is -0.185. The summed E-state index contributed by atoms with van der Waals surface area (Å²) in [5, 5.41) is 12.6. The van der Waals surface area contributed by atoms with Gasteiger partial charge in [0.05, 0.1) is 18.6 Å². The number of piperidine rings is 1. The predicted octanol–water partition coefficient (Wildman–Crippen LogP) is 1.98. The van der Waals surface area contributed by atoms with E-state index >= 15 is 0 Å². The topological polar surface area (TPSA) is 52.6 Å². The van der Waals surface area contributed by atoms with Crippen molar-refractivity contribution in [3.63, 3.8) is 0 Å². The molecule has 0 aromatic heterocycles. The van der Waals surface area contributed by atoms with Crippen LogP contribution in [0.2, 0.25) is 0 Å². The van der Waals surface area contributed by atoms with E-state index in [4.69, 9.17) is 0 Å². The maximum Gasteiger partial charge on any atom is 0.391 e. The van der Waals surface area contributed by atoms with Crippen molar-refractivity contribution >= 4 is 5.91 Å². The first kappa shape index (κ1) is 18.7. The van der Waals surface area contributed by atoms with Crippen molar-refractivity contribution < 1.29 is 23.1 Å². The van der Waals surface area contributed by atoms with Gasteiger partial charge in [-0.15, -0.1) is 0 Å². The van der Waals surface area contributed by atoms with Crippen LogP contribution in [0.3, 0.4) is 0 Å². The van der Waals surface area contributed by atoms with E-state index in [1.807, 2.05) is 30.3 Å². The Kier molecular flexibility index (Phi) is 6.62. The van der Waals surface area contributed by atoms with Gasteiger partial charge in [-0.25, -0.2) is 0 Å². The van der Waals surface area contributed by atoms with Crippen LogP contribution in [0.1, 0.15) is 18.4 Å². The molecule has 1 aliphatic heterocycles. The number of aliphatic hydroxyl groups excluding tert-OH is 1.